The highest BCUT2D eigenvalue weighted by molar-refractivity contribution is 5.41. The minimum atomic E-state index is 0.541. The average molecular weight is 217 g/mol. The lowest BCUT2D eigenvalue weighted by Gasteiger charge is -2.06. The molecule has 0 aliphatic rings. The standard InChI is InChI=1S/C11H15N5/c12-10-3-1-4-11(15-10)14-5-2-7-16-8-6-13-9-16/h1,3-4,6,8-9H,2,5,7H2,(H3,12,14,15). The predicted molar refractivity (Wildman–Crippen MR) is 64.0 cm³/mol. The molecule has 5 nitrogen and oxygen atoms in total. The molecule has 0 bridgehead atoms. The van der Waals surface area contributed by atoms with Crippen molar-refractivity contribution >= 4 is 11.6 Å². The molecule has 0 radical (unpaired) electrons. The van der Waals surface area contributed by atoms with Gasteiger partial charge in [0.05, 0.1) is 6.33 Å². The fraction of sp³-hybridized carbons (Fsp3) is 0.273. The molecule has 0 amide bonds. The third kappa shape index (κ3) is 2.98. The molecule has 2 rings (SSSR count). The number of hydrogen-bond donors (Lipinski definition) is 2. The van der Waals surface area contributed by atoms with Crippen molar-refractivity contribution in [2.24, 2.45) is 0 Å². The van der Waals surface area contributed by atoms with Crippen molar-refractivity contribution in [3.63, 3.8) is 0 Å². The third-order valence-corrected chi connectivity index (χ3v) is 2.23. The average Bonchev–Trinajstić information content (AvgIpc) is 2.77. The van der Waals surface area contributed by atoms with Crippen molar-refractivity contribution in [3.8, 4) is 0 Å². The first-order valence-corrected chi connectivity index (χ1v) is 5.27. The maximum Gasteiger partial charge on any atom is 0.128 e. The van der Waals surface area contributed by atoms with Crippen LogP contribution in [0.2, 0.25) is 0 Å². The number of imidazole rings is 1. The van der Waals surface area contributed by atoms with Crippen LogP contribution in [0.5, 0.6) is 0 Å². The summed E-state index contributed by atoms with van der Waals surface area (Å²) >= 11 is 0. The third-order valence-electron chi connectivity index (χ3n) is 2.23. The van der Waals surface area contributed by atoms with E-state index in [9.17, 15) is 0 Å². The van der Waals surface area contributed by atoms with E-state index in [1.165, 1.54) is 0 Å². The molecule has 0 spiro atoms. The van der Waals surface area contributed by atoms with Gasteiger partial charge in [0.1, 0.15) is 11.6 Å². The highest BCUT2D eigenvalue weighted by Gasteiger charge is 1.94. The normalized spacial score (nSPS) is 10.2. The first-order chi connectivity index (χ1) is 7.84. The van der Waals surface area contributed by atoms with Crippen LogP contribution >= 0.6 is 0 Å². The molecule has 2 heterocycles. The van der Waals surface area contributed by atoms with Crippen molar-refractivity contribution in [2.75, 3.05) is 17.6 Å². The van der Waals surface area contributed by atoms with Crippen molar-refractivity contribution in [3.05, 3.63) is 36.9 Å². The van der Waals surface area contributed by atoms with E-state index < -0.39 is 0 Å². The summed E-state index contributed by atoms with van der Waals surface area (Å²) in [5, 5.41) is 3.22. The van der Waals surface area contributed by atoms with Crippen molar-refractivity contribution in [1.82, 2.24) is 14.5 Å². The van der Waals surface area contributed by atoms with E-state index in [0.717, 1.165) is 25.3 Å². The number of pyridine rings is 1. The number of nitrogens with one attached hydrogen (secondary N) is 1. The van der Waals surface area contributed by atoms with E-state index in [4.69, 9.17) is 5.73 Å². The van der Waals surface area contributed by atoms with Crippen molar-refractivity contribution in [2.45, 2.75) is 13.0 Å². The Morgan fingerprint density at radius 1 is 1.38 bits per heavy atom. The maximum absolute atomic E-state index is 5.58. The Hall–Kier alpha value is -2.04. The van der Waals surface area contributed by atoms with Gasteiger partial charge in [0, 0.05) is 25.5 Å². The molecule has 0 saturated carbocycles. The maximum atomic E-state index is 5.58. The number of nitrogens with two attached hydrogens (primary N) is 1. The Kier molecular flexibility index (Phi) is 3.38. The van der Waals surface area contributed by atoms with Gasteiger partial charge in [-0.2, -0.15) is 0 Å². The van der Waals surface area contributed by atoms with E-state index >= 15 is 0 Å². The second kappa shape index (κ2) is 5.16. The van der Waals surface area contributed by atoms with Crippen molar-refractivity contribution in [1.29, 1.82) is 0 Å². The number of anilines is 2. The molecule has 0 atom stereocenters. The van der Waals surface area contributed by atoms with Crippen LogP contribution in [-0.2, 0) is 6.54 Å². The summed E-state index contributed by atoms with van der Waals surface area (Å²) in [5.41, 5.74) is 5.58. The van der Waals surface area contributed by atoms with Crippen LogP contribution in [0.15, 0.2) is 36.9 Å². The Labute approximate surface area is 94.3 Å². The first kappa shape index (κ1) is 10.5. The number of rotatable bonds is 5. The zero-order chi connectivity index (χ0) is 11.2. The van der Waals surface area contributed by atoms with Crippen LogP contribution in [0.4, 0.5) is 11.6 Å². The number of nitrogen functional groups attached to an aromatic ring is 1. The molecule has 0 unspecified atom stereocenters. The first-order valence-electron chi connectivity index (χ1n) is 5.27. The van der Waals surface area contributed by atoms with Gasteiger partial charge in [-0.05, 0) is 18.6 Å². The molecule has 84 valence electrons. The zero-order valence-corrected chi connectivity index (χ0v) is 9.00. The zero-order valence-electron chi connectivity index (χ0n) is 9.00. The monoisotopic (exact) mass is 217 g/mol. The highest BCUT2D eigenvalue weighted by Crippen LogP contribution is 2.05. The second-order valence-corrected chi connectivity index (χ2v) is 3.53. The van der Waals surface area contributed by atoms with E-state index in [0.29, 0.717) is 5.82 Å². The van der Waals surface area contributed by atoms with Gasteiger partial charge in [0.15, 0.2) is 0 Å². The van der Waals surface area contributed by atoms with Crippen LogP contribution in [0.3, 0.4) is 0 Å². The van der Waals surface area contributed by atoms with Crippen LogP contribution in [0.1, 0.15) is 6.42 Å². The fourth-order valence-corrected chi connectivity index (χ4v) is 1.45. The minimum absolute atomic E-state index is 0.541. The predicted octanol–water partition coefficient (Wildman–Crippen LogP) is 1.36. The van der Waals surface area contributed by atoms with E-state index in [2.05, 4.69) is 19.9 Å². The molecule has 0 aliphatic heterocycles. The minimum Gasteiger partial charge on any atom is -0.384 e. The van der Waals surface area contributed by atoms with Gasteiger partial charge >= 0.3 is 0 Å². The molecule has 5 heteroatoms. The Morgan fingerprint density at radius 3 is 3.06 bits per heavy atom. The Balaban J connectivity index is 1.72. The van der Waals surface area contributed by atoms with Crippen LogP contribution in [-0.4, -0.2) is 21.1 Å². The molecule has 0 fully saturated rings. The summed E-state index contributed by atoms with van der Waals surface area (Å²) in [7, 11) is 0. The van der Waals surface area contributed by atoms with Crippen LogP contribution in [0, 0.1) is 0 Å². The van der Waals surface area contributed by atoms with Crippen molar-refractivity contribution < 1.29 is 0 Å². The lowest BCUT2D eigenvalue weighted by molar-refractivity contribution is 0.660. The summed E-state index contributed by atoms with van der Waals surface area (Å²) in [6.07, 6.45) is 6.58. The topological polar surface area (TPSA) is 68.8 Å². The molecule has 2 aromatic rings. The summed E-state index contributed by atoms with van der Waals surface area (Å²) in [6.45, 7) is 1.82. The van der Waals surface area contributed by atoms with E-state index in [1.54, 1.807) is 12.3 Å². The molecule has 2 aromatic heterocycles. The van der Waals surface area contributed by atoms with Gasteiger partial charge in [0.25, 0.3) is 0 Å². The number of hydrogen-bond acceptors (Lipinski definition) is 4. The molecular formula is C11H15N5. The number of aryl methyl sites for hydroxylation is 1. The van der Waals surface area contributed by atoms with Gasteiger partial charge in [-0.3, -0.25) is 0 Å². The SMILES string of the molecule is Nc1cccc(NCCCn2ccnc2)n1. The van der Waals surface area contributed by atoms with Crippen LogP contribution in [0.25, 0.3) is 0 Å². The lowest BCUT2D eigenvalue weighted by Crippen LogP contribution is -2.07. The number of nitrogens with zero attached hydrogens (tertiary/aromatic N) is 3. The van der Waals surface area contributed by atoms with E-state index in [-0.39, 0.29) is 0 Å². The summed E-state index contributed by atoms with van der Waals surface area (Å²) in [4.78, 5) is 8.14. The summed E-state index contributed by atoms with van der Waals surface area (Å²) < 4.78 is 2.05. The van der Waals surface area contributed by atoms with E-state index in [1.807, 2.05) is 24.7 Å². The molecule has 0 saturated heterocycles. The van der Waals surface area contributed by atoms with Crippen LogP contribution < -0.4 is 11.1 Å². The van der Waals surface area contributed by atoms with Gasteiger partial charge in [-0.25, -0.2) is 9.97 Å². The second-order valence-electron chi connectivity index (χ2n) is 3.53. The molecule has 3 N–H and O–H groups in total. The van der Waals surface area contributed by atoms with Gasteiger partial charge in [-0.1, -0.05) is 6.07 Å². The molecule has 16 heavy (non-hydrogen) atoms. The smallest absolute Gasteiger partial charge is 0.128 e. The van der Waals surface area contributed by atoms with Gasteiger partial charge in [-0.15, -0.1) is 0 Å². The summed E-state index contributed by atoms with van der Waals surface area (Å²) in [5.74, 6) is 1.37. The van der Waals surface area contributed by atoms with Gasteiger partial charge < -0.3 is 15.6 Å². The Morgan fingerprint density at radius 2 is 2.31 bits per heavy atom. The molecule has 0 aromatic carbocycles. The fourth-order valence-electron chi connectivity index (χ4n) is 1.45. The molecular weight excluding hydrogens is 202 g/mol. The highest BCUT2D eigenvalue weighted by atomic mass is 15.0. The Bertz CT molecular complexity index is 424. The largest absolute Gasteiger partial charge is 0.384 e. The molecule has 0 aliphatic carbocycles. The summed E-state index contributed by atoms with van der Waals surface area (Å²) in [6, 6.07) is 5.57. The number of aromatic nitrogens is 3. The lowest BCUT2D eigenvalue weighted by atomic mass is 10.4. The van der Waals surface area contributed by atoms with Gasteiger partial charge in [0.2, 0.25) is 0 Å². The quantitative estimate of drug-likeness (QED) is 0.742.